The predicted molar refractivity (Wildman–Crippen MR) is 289 cm³/mol. The summed E-state index contributed by atoms with van der Waals surface area (Å²) in [6, 6.07) is 0. The van der Waals surface area contributed by atoms with Crippen molar-refractivity contribution >= 4 is 17.9 Å². The van der Waals surface area contributed by atoms with Gasteiger partial charge < -0.3 is 14.2 Å². The second-order valence-electron chi connectivity index (χ2n) is 20.3. The molecule has 0 aromatic carbocycles. The summed E-state index contributed by atoms with van der Waals surface area (Å²) in [6.45, 7) is 6.66. The van der Waals surface area contributed by atoms with E-state index in [9.17, 15) is 14.4 Å². The van der Waals surface area contributed by atoms with Crippen LogP contribution in [0.4, 0.5) is 0 Å². The van der Waals surface area contributed by atoms with E-state index in [0.717, 1.165) is 70.6 Å². The fraction of sp³-hybridized carbons (Fsp3) is 0.885. The largest absolute Gasteiger partial charge is 0.462 e. The molecule has 0 amide bonds. The first-order valence-corrected chi connectivity index (χ1v) is 29.8. The van der Waals surface area contributed by atoms with Gasteiger partial charge in [0.1, 0.15) is 13.2 Å². The summed E-state index contributed by atoms with van der Waals surface area (Å²) in [7, 11) is 0. The average molecular weight is 944 g/mol. The third-order valence-electron chi connectivity index (χ3n) is 13.4. The van der Waals surface area contributed by atoms with Gasteiger partial charge in [-0.25, -0.2) is 0 Å². The molecule has 394 valence electrons. The van der Waals surface area contributed by atoms with E-state index >= 15 is 0 Å². The van der Waals surface area contributed by atoms with Crippen LogP contribution in [0.3, 0.4) is 0 Å². The molecule has 0 aliphatic rings. The van der Waals surface area contributed by atoms with Crippen molar-refractivity contribution in [1.29, 1.82) is 0 Å². The summed E-state index contributed by atoms with van der Waals surface area (Å²) in [5, 5.41) is 0. The molecule has 0 bridgehead atoms. The van der Waals surface area contributed by atoms with Crippen molar-refractivity contribution in [2.24, 2.45) is 0 Å². The second-order valence-corrected chi connectivity index (χ2v) is 20.3. The van der Waals surface area contributed by atoms with Gasteiger partial charge in [-0.05, 0) is 70.6 Å². The van der Waals surface area contributed by atoms with Gasteiger partial charge in [0.2, 0.25) is 0 Å². The van der Waals surface area contributed by atoms with Crippen molar-refractivity contribution in [2.75, 3.05) is 13.2 Å². The molecule has 67 heavy (non-hydrogen) atoms. The van der Waals surface area contributed by atoms with Crippen molar-refractivity contribution in [3.8, 4) is 0 Å². The fourth-order valence-corrected chi connectivity index (χ4v) is 8.91. The lowest BCUT2D eigenvalue weighted by molar-refractivity contribution is -0.167. The number of hydrogen-bond acceptors (Lipinski definition) is 6. The summed E-state index contributed by atoms with van der Waals surface area (Å²) in [4.78, 5) is 38.1. The monoisotopic (exact) mass is 943 g/mol. The number of carbonyl (C=O) groups is 3. The zero-order valence-electron chi connectivity index (χ0n) is 45.2. The number of allylic oxidation sites excluding steroid dienone is 4. The Hall–Kier alpha value is -2.11. The first-order chi connectivity index (χ1) is 33.0. The van der Waals surface area contributed by atoms with Crippen LogP contribution >= 0.6 is 0 Å². The Morgan fingerprint density at radius 1 is 0.284 bits per heavy atom. The van der Waals surface area contributed by atoms with E-state index in [-0.39, 0.29) is 31.1 Å². The van der Waals surface area contributed by atoms with Crippen LogP contribution in [-0.4, -0.2) is 37.2 Å². The van der Waals surface area contributed by atoms with Crippen LogP contribution < -0.4 is 0 Å². The minimum Gasteiger partial charge on any atom is -0.462 e. The summed E-state index contributed by atoms with van der Waals surface area (Å²) < 4.78 is 16.9. The Balaban J connectivity index is 4.28. The highest BCUT2D eigenvalue weighted by Crippen LogP contribution is 2.17. The Morgan fingerprint density at radius 2 is 0.493 bits per heavy atom. The van der Waals surface area contributed by atoms with Crippen molar-refractivity contribution < 1.29 is 28.6 Å². The van der Waals surface area contributed by atoms with Crippen LogP contribution in [0.2, 0.25) is 0 Å². The van der Waals surface area contributed by atoms with Crippen molar-refractivity contribution in [1.82, 2.24) is 0 Å². The maximum atomic E-state index is 12.8. The Morgan fingerprint density at radius 3 is 0.761 bits per heavy atom. The van der Waals surface area contributed by atoms with Crippen LogP contribution in [0.1, 0.15) is 329 Å². The lowest BCUT2D eigenvalue weighted by Gasteiger charge is -2.18. The van der Waals surface area contributed by atoms with Crippen molar-refractivity contribution in [3.63, 3.8) is 0 Å². The van der Waals surface area contributed by atoms with Crippen LogP contribution in [0.5, 0.6) is 0 Å². The zero-order chi connectivity index (χ0) is 48.6. The molecule has 0 saturated heterocycles. The van der Waals surface area contributed by atoms with Gasteiger partial charge in [0.25, 0.3) is 0 Å². The molecule has 0 radical (unpaired) electrons. The summed E-state index contributed by atoms with van der Waals surface area (Å²) >= 11 is 0. The fourth-order valence-electron chi connectivity index (χ4n) is 8.91. The molecule has 0 aliphatic heterocycles. The molecule has 0 saturated carbocycles. The average Bonchev–Trinajstić information content (AvgIpc) is 3.33. The smallest absolute Gasteiger partial charge is 0.306 e. The standard InChI is InChI=1S/C61H114O6/c1-4-7-10-13-16-19-22-25-27-28-29-30-31-32-34-36-39-42-45-48-51-54-60(63)66-57-58(56-65-59(62)53-50-47-44-41-38-35-24-21-18-15-12-9-6-3)67-61(64)55-52-49-46-43-40-37-33-26-23-20-17-14-11-8-5-2/h21,24,26,33,58H,4-20,22-23,25,27-32,34-57H2,1-3H3/b24-21-,33-26-/t58-/m1/s1. The van der Waals surface area contributed by atoms with Gasteiger partial charge in [0, 0.05) is 19.3 Å². The van der Waals surface area contributed by atoms with Gasteiger partial charge in [-0.2, -0.15) is 0 Å². The maximum absolute atomic E-state index is 12.8. The number of hydrogen-bond donors (Lipinski definition) is 0. The third-order valence-corrected chi connectivity index (χ3v) is 13.4. The van der Waals surface area contributed by atoms with Crippen molar-refractivity contribution in [2.45, 2.75) is 335 Å². The highest BCUT2D eigenvalue weighted by atomic mass is 16.6. The van der Waals surface area contributed by atoms with Crippen LogP contribution in [0, 0.1) is 0 Å². The van der Waals surface area contributed by atoms with Crippen LogP contribution in [-0.2, 0) is 28.6 Å². The van der Waals surface area contributed by atoms with Crippen LogP contribution in [0.25, 0.3) is 0 Å². The van der Waals surface area contributed by atoms with E-state index < -0.39 is 6.10 Å². The van der Waals surface area contributed by atoms with E-state index in [4.69, 9.17) is 14.2 Å². The SMILES string of the molecule is CCCCCC/C=C\CCCCCCCC(=O)OC[C@H](COC(=O)CCCCCCCCCCCCCCCCCCCCCCC)OC(=O)CCCCCCC/C=C\CCCCCCCC. The molecule has 6 nitrogen and oxygen atoms in total. The molecule has 0 N–H and O–H groups in total. The molecule has 0 spiro atoms. The molecule has 0 aromatic heterocycles. The van der Waals surface area contributed by atoms with E-state index in [1.165, 1.54) is 218 Å². The zero-order valence-corrected chi connectivity index (χ0v) is 45.2. The Labute approximate surface area is 417 Å². The van der Waals surface area contributed by atoms with Gasteiger partial charge in [0.05, 0.1) is 0 Å². The number of unbranched alkanes of at least 4 members (excludes halogenated alkanes) is 40. The van der Waals surface area contributed by atoms with E-state index in [1.54, 1.807) is 0 Å². The van der Waals surface area contributed by atoms with Crippen molar-refractivity contribution in [3.05, 3.63) is 24.3 Å². The lowest BCUT2D eigenvalue weighted by atomic mass is 10.0. The highest BCUT2D eigenvalue weighted by Gasteiger charge is 2.19. The number of rotatable bonds is 55. The van der Waals surface area contributed by atoms with Gasteiger partial charge in [-0.3, -0.25) is 14.4 Å². The minimum absolute atomic E-state index is 0.0727. The normalized spacial score (nSPS) is 12.1. The highest BCUT2D eigenvalue weighted by molar-refractivity contribution is 5.71. The number of ether oxygens (including phenoxy) is 3. The topological polar surface area (TPSA) is 78.9 Å². The first-order valence-electron chi connectivity index (χ1n) is 29.8. The molecule has 0 aromatic rings. The van der Waals surface area contributed by atoms with Gasteiger partial charge in [0.15, 0.2) is 6.10 Å². The van der Waals surface area contributed by atoms with E-state index in [0.29, 0.717) is 19.3 Å². The van der Waals surface area contributed by atoms with Gasteiger partial charge >= 0.3 is 17.9 Å². The number of carbonyl (C=O) groups excluding carboxylic acids is 3. The molecule has 1 atom stereocenters. The molecular weight excluding hydrogens is 829 g/mol. The molecular formula is C61H114O6. The number of esters is 3. The molecule has 0 heterocycles. The third kappa shape index (κ3) is 54.7. The molecule has 0 aliphatic carbocycles. The van der Waals surface area contributed by atoms with E-state index in [1.807, 2.05) is 0 Å². The molecule has 0 unspecified atom stereocenters. The van der Waals surface area contributed by atoms with Gasteiger partial charge in [-0.1, -0.05) is 263 Å². The molecule has 6 heteroatoms. The Kier molecular flexibility index (Phi) is 54.7. The first kappa shape index (κ1) is 64.9. The summed E-state index contributed by atoms with van der Waals surface area (Å²) in [5.74, 6) is -0.870. The lowest BCUT2D eigenvalue weighted by Crippen LogP contribution is -2.30. The quantitative estimate of drug-likeness (QED) is 0.0262. The van der Waals surface area contributed by atoms with E-state index in [2.05, 4.69) is 45.1 Å². The maximum Gasteiger partial charge on any atom is 0.306 e. The van der Waals surface area contributed by atoms with Gasteiger partial charge in [-0.15, -0.1) is 0 Å². The Bertz CT molecular complexity index is 1080. The summed E-state index contributed by atoms with van der Waals surface area (Å²) in [6.07, 6.45) is 66.0. The summed E-state index contributed by atoms with van der Waals surface area (Å²) in [5.41, 5.74) is 0. The molecule has 0 rings (SSSR count). The van der Waals surface area contributed by atoms with Crippen LogP contribution in [0.15, 0.2) is 24.3 Å². The molecule has 0 fully saturated rings. The second kappa shape index (κ2) is 56.5. The minimum atomic E-state index is -0.775. The predicted octanol–water partition coefficient (Wildman–Crippen LogP) is 19.9.